The van der Waals surface area contributed by atoms with Crippen molar-refractivity contribution in [1.82, 2.24) is 10.2 Å². The van der Waals surface area contributed by atoms with Crippen LogP contribution in [0.3, 0.4) is 0 Å². The molecule has 1 fully saturated rings. The molecule has 1 N–H and O–H groups in total. The van der Waals surface area contributed by atoms with Crippen molar-refractivity contribution in [1.29, 1.82) is 0 Å². The molecule has 1 saturated heterocycles. The monoisotopic (exact) mass is 356 g/mol. The van der Waals surface area contributed by atoms with Gasteiger partial charge in [-0.25, -0.2) is 0 Å². The lowest BCUT2D eigenvalue weighted by Gasteiger charge is -2.29. The quantitative estimate of drug-likeness (QED) is 0.916. The fourth-order valence-corrected chi connectivity index (χ4v) is 3.52. The number of hydrogen-bond acceptors (Lipinski definition) is 3. The Morgan fingerprint density at radius 1 is 1.12 bits per heavy atom. The highest BCUT2D eigenvalue weighted by molar-refractivity contribution is 7.84. The molecule has 2 aromatic rings. The molecule has 0 aliphatic carbocycles. The number of nitrogens with zero attached hydrogens (tertiary/aromatic N) is 1. The summed E-state index contributed by atoms with van der Waals surface area (Å²) < 4.78 is 11.5. The van der Waals surface area contributed by atoms with E-state index in [2.05, 4.69) is 5.32 Å². The van der Waals surface area contributed by atoms with Gasteiger partial charge in [0.05, 0.1) is 12.5 Å². The molecule has 2 amide bonds. The van der Waals surface area contributed by atoms with E-state index in [9.17, 15) is 13.8 Å². The maximum absolute atomic E-state index is 13.0. The van der Waals surface area contributed by atoms with Crippen LogP contribution in [0.4, 0.5) is 0 Å². The fraction of sp³-hybridized carbons (Fsp3) is 0.263. The topological polar surface area (TPSA) is 66.5 Å². The minimum Gasteiger partial charge on any atom is -0.354 e. The van der Waals surface area contributed by atoms with E-state index in [1.165, 1.54) is 0 Å². The van der Waals surface area contributed by atoms with Crippen LogP contribution in [0.2, 0.25) is 0 Å². The van der Waals surface area contributed by atoms with Gasteiger partial charge in [0, 0.05) is 40.6 Å². The molecule has 0 spiro atoms. The molecule has 2 aromatic carbocycles. The molecule has 6 heteroatoms. The molecule has 1 heterocycles. The van der Waals surface area contributed by atoms with Crippen molar-refractivity contribution in [3.05, 3.63) is 65.7 Å². The van der Waals surface area contributed by atoms with Crippen LogP contribution in [0.25, 0.3) is 0 Å². The van der Waals surface area contributed by atoms with E-state index < -0.39 is 10.8 Å². The molecule has 1 aliphatic rings. The zero-order chi connectivity index (χ0) is 17.8. The second-order valence-corrected chi connectivity index (χ2v) is 7.34. The Labute approximate surface area is 149 Å². The Bertz CT molecular complexity index is 790. The Balaban J connectivity index is 1.92. The van der Waals surface area contributed by atoms with Crippen LogP contribution in [-0.4, -0.2) is 40.3 Å². The van der Waals surface area contributed by atoms with Crippen molar-refractivity contribution in [3.8, 4) is 0 Å². The first-order valence-electron chi connectivity index (χ1n) is 8.12. The Hall–Kier alpha value is -2.47. The van der Waals surface area contributed by atoms with Crippen LogP contribution < -0.4 is 5.32 Å². The number of benzene rings is 2. The average molecular weight is 356 g/mol. The third kappa shape index (κ3) is 3.96. The van der Waals surface area contributed by atoms with Gasteiger partial charge in [0.2, 0.25) is 5.91 Å². The van der Waals surface area contributed by atoms with Gasteiger partial charge >= 0.3 is 0 Å². The van der Waals surface area contributed by atoms with Crippen LogP contribution >= 0.6 is 0 Å². The van der Waals surface area contributed by atoms with Crippen molar-refractivity contribution in [2.45, 2.75) is 17.4 Å². The van der Waals surface area contributed by atoms with Gasteiger partial charge in [-0.2, -0.15) is 0 Å². The zero-order valence-corrected chi connectivity index (χ0v) is 14.8. The summed E-state index contributed by atoms with van der Waals surface area (Å²) in [5, 5.41) is 2.83. The van der Waals surface area contributed by atoms with Crippen molar-refractivity contribution in [2.24, 2.45) is 0 Å². The normalized spacial score (nSPS) is 19.0. The first kappa shape index (κ1) is 17.4. The standard InChI is InChI=1S/C19H20N2O3S/c1-25(24)16-9-7-15(8-10-16)19(23)21-12-11-20-18(22)13-17(21)14-5-3-2-4-6-14/h2-10,17H,11-13H2,1H3,(H,20,22). The lowest BCUT2D eigenvalue weighted by Crippen LogP contribution is -2.36. The first-order valence-corrected chi connectivity index (χ1v) is 9.68. The fourth-order valence-electron chi connectivity index (χ4n) is 3.00. The van der Waals surface area contributed by atoms with E-state index in [1.807, 2.05) is 30.3 Å². The van der Waals surface area contributed by atoms with E-state index in [-0.39, 0.29) is 24.3 Å². The molecular weight excluding hydrogens is 336 g/mol. The van der Waals surface area contributed by atoms with Crippen molar-refractivity contribution in [2.75, 3.05) is 19.3 Å². The lowest BCUT2D eigenvalue weighted by molar-refractivity contribution is -0.121. The van der Waals surface area contributed by atoms with Crippen LogP contribution in [-0.2, 0) is 15.6 Å². The predicted molar refractivity (Wildman–Crippen MR) is 96.6 cm³/mol. The molecule has 1 aliphatic heterocycles. The van der Waals surface area contributed by atoms with Gasteiger partial charge in [0.25, 0.3) is 5.91 Å². The highest BCUT2D eigenvalue weighted by Gasteiger charge is 2.30. The Morgan fingerprint density at radius 2 is 1.80 bits per heavy atom. The number of hydrogen-bond donors (Lipinski definition) is 1. The van der Waals surface area contributed by atoms with E-state index in [1.54, 1.807) is 35.4 Å². The van der Waals surface area contributed by atoms with E-state index in [0.717, 1.165) is 5.56 Å². The van der Waals surface area contributed by atoms with Gasteiger partial charge in [0.15, 0.2) is 0 Å². The molecule has 130 valence electrons. The summed E-state index contributed by atoms with van der Waals surface area (Å²) in [5.41, 5.74) is 1.48. The summed E-state index contributed by atoms with van der Waals surface area (Å²) >= 11 is 0. The number of amides is 2. The summed E-state index contributed by atoms with van der Waals surface area (Å²) in [7, 11) is -1.08. The molecule has 0 radical (unpaired) electrons. The summed E-state index contributed by atoms with van der Waals surface area (Å²) in [5.74, 6) is -0.181. The van der Waals surface area contributed by atoms with Crippen molar-refractivity contribution >= 4 is 22.6 Å². The van der Waals surface area contributed by atoms with E-state index >= 15 is 0 Å². The van der Waals surface area contributed by atoms with Gasteiger partial charge < -0.3 is 10.2 Å². The van der Waals surface area contributed by atoms with Crippen LogP contribution in [0, 0.1) is 0 Å². The summed E-state index contributed by atoms with van der Waals surface area (Å²) in [6.45, 7) is 0.885. The molecule has 0 aromatic heterocycles. The van der Waals surface area contributed by atoms with Gasteiger partial charge in [0.1, 0.15) is 0 Å². The first-order chi connectivity index (χ1) is 12.1. The number of rotatable bonds is 3. The predicted octanol–water partition coefficient (Wildman–Crippen LogP) is 2.13. The van der Waals surface area contributed by atoms with Gasteiger partial charge in [-0.1, -0.05) is 30.3 Å². The zero-order valence-electron chi connectivity index (χ0n) is 14.0. The highest BCUT2D eigenvalue weighted by atomic mass is 32.2. The summed E-state index contributed by atoms with van der Waals surface area (Å²) in [6.07, 6.45) is 1.85. The van der Waals surface area contributed by atoms with Crippen molar-refractivity contribution < 1.29 is 13.8 Å². The van der Waals surface area contributed by atoms with Gasteiger partial charge in [-0.15, -0.1) is 0 Å². The average Bonchev–Trinajstić information content (AvgIpc) is 2.83. The molecule has 2 unspecified atom stereocenters. The van der Waals surface area contributed by atoms with E-state index in [4.69, 9.17) is 0 Å². The SMILES string of the molecule is CS(=O)c1ccc(C(=O)N2CCNC(=O)CC2c2ccccc2)cc1. The number of carbonyl (C=O) groups is 2. The molecular formula is C19H20N2O3S. The third-order valence-corrected chi connectivity index (χ3v) is 5.24. The van der Waals surface area contributed by atoms with Gasteiger partial charge in [-0.05, 0) is 29.8 Å². The molecule has 0 saturated carbocycles. The largest absolute Gasteiger partial charge is 0.354 e. The maximum Gasteiger partial charge on any atom is 0.254 e. The number of nitrogens with one attached hydrogen (secondary N) is 1. The lowest BCUT2D eigenvalue weighted by atomic mass is 10.0. The summed E-state index contributed by atoms with van der Waals surface area (Å²) in [6, 6.07) is 16.1. The minimum atomic E-state index is -1.08. The van der Waals surface area contributed by atoms with Gasteiger partial charge in [-0.3, -0.25) is 13.8 Å². The Morgan fingerprint density at radius 3 is 2.44 bits per heavy atom. The van der Waals surface area contributed by atoms with Crippen molar-refractivity contribution in [3.63, 3.8) is 0 Å². The van der Waals surface area contributed by atoms with Crippen LogP contribution in [0.5, 0.6) is 0 Å². The molecule has 0 bridgehead atoms. The molecule has 2 atom stereocenters. The molecule has 25 heavy (non-hydrogen) atoms. The van der Waals surface area contributed by atoms with E-state index in [0.29, 0.717) is 23.5 Å². The minimum absolute atomic E-state index is 0.0547. The van der Waals surface area contributed by atoms with Crippen LogP contribution in [0.1, 0.15) is 28.4 Å². The molecule has 5 nitrogen and oxygen atoms in total. The highest BCUT2D eigenvalue weighted by Crippen LogP contribution is 2.27. The summed E-state index contributed by atoms with van der Waals surface area (Å²) in [4.78, 5) is 27.5. The smallest absolute Gasteiger partial charge is 0.254 e. The second-order valence-electron chi connectivity index (χ2n) is 5.96. The Kier molecular flexibility index (Phi) is 5.28. The third-order valence-electron chi connectivity index (χ3n) is 4.31. The maximum atomic E-state index is 13.0. The number of carbonyl (C=O) groups excluding carboxylic acids is 2. The molecule has 3 rings (SSSR count). The second kappa shape index (κ2) is 7.61. The van der Waals surface area contributed by atoms with Crippen LogP contribution in [0.15, 0.2) is 59.5 Å².